The summed E-state index contributed by atoms with van der Waals surface area (Å²) < 4.78 is 1.38. The highest BCUT2D eigenvalue weighted by Gasteiger charge is 2.18. The van der Waals surface area contributed by atoms with Crippen LogP contribution in [0.4, 0.5) is 11.4 Å². The second-order valence-electron chi connectivity index (χ2n) is 5.90. The first kappa shape index (κ1) is 19.9. The predicted octanol–water partition coefficient (Wildman–Crippen LogP) is 3.85. The lowest BCUT2D eigenvalue weighted by atomic mass is 10.2. The fraction of sp³-hybridized carbons (Fsp3) is 0.158. The summed E-state index contributed by atoms with van der Waals surface area (Å²) in [6.07, 6.45) is 1.97. The molecule has 7 nitrogen and oxygen atoms in total. The Kier molecular flexibility index (Phi) is 6.33. The second kappa shape index (κ2) is 8.90. The lowest BCUT2D eigenvalue weighted by Crippen LogP contribution is -2.21. The average molecular weight is 416 g/mol. The number of halogens is 1. The SMILES string of the molecule is CSc1cccc(NC(=O)Cn2nnc(C(=O)Nc3ccccc3Cl)c2C)c1. The number of rotatable bonds is 6. The zero-order valence-electron chi connectivity index (χ0n) is 15.3. The van der Waals surface area contributed by atoms with Gasteiger partial charge in [-0.2, -0.15) is 0 Å². The summed E-state index contributed by atoms with van der Waals surface area (Å²) in [5.41, 5.74) is 1.80. The van der Waals surface area contributed by atoms with Crippen molar-refractivity contribution in [1.82, 2.24) is 15.0 Å². The van der Waals surface area contributed by atoms with Crippen molar-refractivity contribution >= 4 is 46.6 Å². The molecule has 0 atom stereocenters. The minimum absolute atomic E-state index is 0.0539. The second-order valence-corrected chi connectivity index (χ2v) is 7.18. The number of hydrogen-bond donors (Lipinski definition) is 2. The normalized spacial score (nSPS) is 10.5. The first-order valence-electron chi connectivity index (χ1n) is 8.38. The average Bonchev–Trinajstić information content (AvgIpc) is 3.04. The Balaban J connectivity index is 1.67. The number of benzene rings is 2. The molecule has 9 heteroatoms. The summed E-state index contributed by atoms with van der Waals surface area (Å²) in [5.74, 6) is -0.700. The van der Waals surface area contributed by atoms with E-state index in [4.69, 9.17) is 11.6 Å². The number of nitrogens with zero attached hydrogens (tertiary/aromatic N) is 3. The van der Waals surface area contributed by atoms with Gasteiger partial charge in [-0.3, -0.25) is 9.59 Å². The maximum absolute atomic E-state index is 12.5. The summed E-state index contributed by atoms with van der Waals surface area (Å²) >= 11 is 7.65. The van der Waals surface area contributed by atoms with Crippen molar-refractivity contribution in [2.24, 2.45) is 0 Å². The van der Waals surface area contributed by atoms with Gasteiger partial charge in [0.2, 0.25) is 5.91 Å². The van der Waals surface area contributed by atoms with Crippen molar-refractivity contribution in [3.8, 4) is 0 Å². The first-order valence-corrected chi connectivity index (χ1v) is 9.98. The third kappa shape index (κ3) is 4.71. The number of carbonyl (C=O) groups excluding carboxylic acids is 2. The van der Waals surface area contributed by atoms with E-state index in [2.05, 4.69) is 20.9 Å². The maximum Gasteiger partial charge on any atom is 0.278 e. The van der Waals surface area contributed by atoms with Gasteiger partial charge in [0.15, 0.2) is 5.69 Å². The van der Waals surface area contributed by atoms with Gasteiger partial charge in [0.1, 0.15) is 6.54 Å². The Morgan fingerprint density at radius 2 is 1.93 bits per heavy atom. The van der Waals surface area contributed by atoms with Crippen LogP contribution in [0.5, 0.6) is 0 Å². The molecule has 2 N–H and O–H groups in total. The summed E-state index contributed by atoms with van der Waals surface area (Å²) in [5, 5.41) is 13.8. The highest BCUT2D eigenvalue weighted by Crippen LogP contribution is 2.21. The van der Waals surface area contributed by atoms with Crippen molar-refractivity contribution < 1.29 is 9.59 Å². The maximum atomic E-state index is 12.5. The van der Waals surface area contributed by atoms with E-state index in [1.165, 1.54) is 4.68 Å². The molecule has 1 aromatic heterocycles. The van der Waals surface area contributed by atoms with Crippen LogP contribution >= 0.6 is 23.4 Å². The molecule has 3 aromatic rings. The molecular weight excluding hydrogens is 398 g/mol. The third-order valence-electron chi connectivity index (χ3n) is 3.97. The predicted molar refractivity (Wildman–Crippen MR) is 111 cm³/mol. The van der Waals surface area contributed by atoms with Crippen LogP contribution in [0.15, 0.2) is 53.4 Å². The van der Waals surface area contributed by atoms with Gasteiger partial charge in [0, 0.05) is 10.6 Å². The number of carbonyl (C=O) groups is 2. The topological polar surface area (TPSA) is 88.9 Å². The van der Waals surface area contributed by atoms with Gasteiger partial charge in [0.25, 0.3) is 5.91 Å². The van der Waals surface area contributed by atoms with E-state index in [9.17, 15) is 9.59 Å². The number of thioether (sulfide) groups is 1. The van der Waals surface area contributed by atoms with Crippen LogP contribution in [-0.2, 0) is 11.3 Å². The van der Waals surface area contributed by atoms with Gasteiger partial charge in [-0.15, -0.1) is 16.9 Å². The molecule has 3 rings (SSSR count). The summed E-state index contributed by atoms with van der Waals surface area (Å²) in [6.45, 7) is 1.63. The number of amides is 2. The number of anilines is 2. The van der Waals surface area contributed by atoms with Crippen molar-refractivity contribution in [3.63, 3.8) is 0 Å². The molecule has 0 radical (unpaired) electrons. The lowest BCUT2D eigenvalue weighted by molar-refractivity contribution is -0.117. The van der Waals surface area contributed by atoms with Crippen molar-refractivity contribution in [2.75, 3.05) is 16.9 Å². The fourth-order valence-corrected chi connectivity index (χ4v) is 3.14. The van der Waals surface area contributed by atoms with Gasteiger partial charge in [0.05, 0.1) is 16.4 Å². The smallest absolute Gasteiger partial charge is 0.278 e. The molecule has 0 spiro atoms. The Labute approximate surface area is 171 Å². The monoisotopic (exact) mass is 415 g/mol. The Morgan fingerprint density at radius 1 is 1.14 bits per heavy atom. The zero-order chi connectivity index (χ0) is 20.1. The lowest BCUT2D eigenvalue weighted by Gasteiger charge is -2.08. The molecule has 0 aliphatic heterocycles. The van der Waals surface area contributed by atoms with Gasteiger partial charge < -0.3 is 10.6 Å². The van der Waals surface area contributed by atoms with Crippen LogP contribution in [0.25, 0.3) is 0 Å². The standard InChI is InChI=1S/C19H18ClN5O2S/c1-12-18(19(27)22-16-9-4-3-8-15(16)20)23-24-25(12)11-17(26)21-13-6-5-7-14(10-13)28-2/h3-10H,11H2,1-2H3,(H,21,26)(H,22,27). The van der Waals surface area contributed by atoms with Gasteiger partial charge in [-0.25, -0.2) is 4.68 Å². The van der Waals surface area contributed by atoms with E-state index in [0.29, 0.717) is 22.1 Å². The van der Waals surface area contributed by atoms with Crippen molar-refractivity contribution in [3.05, 3.63) is 64.9 Å². The molecule has 1 heterocycles. The summed E-state index contributed by atoms with van der Waals surface area (Å²) in [4.78, 5) is 25.8. The first-order chi connectivity index (χ1) is 13.5. The van der Waals surface area contributed by atoms with Crippen LogP contribution in [0, 0.1) is 6.92 Å². The van der Waals surface area contributed by atoms with Crippen LogP contribution in [0.3, 0.4) is 0 Å². The Bertz CT molecular complexity index is 1020. The van der Waals surface area contributed by atoms with Gasteiger partial charge in [-0.1, -0.05) is 35.0 Å². The molecule has 0 fully saturated rings. The molecule has 0 aliphatic rings. The molecular formula is C19H18ClN5O2S. The molecule has 0 saturated heterocycles. The number of hydrogen-bond acceptors (Lipinski definition) is 5. The largest absolute Gasteiger partial charge is 0.324 e. The van der Waals surface area contributed by atoms with E-state index in [1.54, 1.807) is 43.0 Å². The van der Waals surface area contributed by atoms with E-state index in [1.807, 2.05) is 30.5 Å². The number of nitrogens with one attached hydrogen (secondary N) is 2. The Morgan fingerprint density at radius 3 is 2.68 bits per heavy atom. The zero-order valence-corrected chi connectivity index (χ0v) is 16.8. The quantitative estimate of drug-likeness (QED) is 0.597. The van der Waals surface area contributed by atoms with E-state index in [0.717, 1.165) is 4.90 Å². The Hall–Kier alpha value is -2.84. The molecule has 144 valence electrons. The van der Waals surface area contributed by atoms with Crippen molar-refractivity contribution in [1.29, 1.82) is 0 Å². The van der Waals surface area contributed by atoms with E-state index >= 15 is 0 Å². The minimum atomic E-state index is -0.440. The minimum Gasteiger partial charge on any atom is -0.324 e. The van der Waals surface area contributed by atoms with Crippen LogP contribution < -0.4 is 10.6 Å². The van der Waals surface area contributed by atoms with Gasteiger partial charge >= 0.3 is 0 Å². The fourth-order valence-electron chi connectivity index (χ4n) is 2.50. The molecule has 2 amide bonds. The van der Waals surface area contributed by atoms with Crippen LogP contribution in [0.2, 0.25) is 5.02 Å². The van der Waals surface area contributed by atoms with Gasteiger partial charge in [-0.05, 0) is 43.5 Å². The molecule has 0 saturated carbocycles. The number of aromatic nitrogens is 3. The van der Waals surface area contributed by atoms with E-state index < -0.39 is 5.91 Å². The molecule has 0 unspecified atom stereocenters. The number of para-hydroxylation sites is 1. The van der Waals surface area contributed by atoms with Crippen LogP contribution in [0.1, 0.15) is 16.2 Å². The third-order valence-corrected chi connectivity index (χ3v) is 5.02. The highest BCUT2D eigenvalue weighted by molar-refractivity contribution is 7.98. The van der Waals surface area contributed by atoms with Crippen molar-refractivity contribution in [2.45, 2.75) is 18.4 Å². The molecule has 0 aliphatic carbocycles. The summed E-state index contributed by atoms with van der Waals surface area (Å²) in [6, 6.07) is 14.4. The molecule has 0 bridgehead atoms. The molecule has 2 aromatic carbocycles. The van der Waals surface area contributed by atoms with E-state index in [-0.39, 0.29) is 18.1 Å². The molecule has 28 heavy (non-hydrogen) atoms. The highest BCUT2D eigenvalue weighted by atomic mass is 35.5. The summed E-state index contributed by atoms with van der Waals surface area (Å²) in [7, 11) is 0. The van der Waals surface area contributed by atoms with Crippen LogP contribution in [-0.4, -0.2) is 33.1 Å².